The first kappa shape index (κ1) is 17.2. The second kappa shape index (κ2) is 7.08. The molecule has 3 heterocycles. The molecule has 7 nitrogen and oxygen atoms in total. The highest BCUT2D eigenvalue weighted by Crippen LogP contribution is 2.31. The van der Waals surface area contributed by atoms with Crippen LogP contribution in [0.4, 0.5) is 0 Å². The minimum Gasteiger partial charge on any atom is -0.468 e. The smallest absolute Gasteiger partial charge is 0.252 e. The number of nitrogens with one attached hydrogen (secondary N) is 2. The van der Waals surface area contributed by atoms with Gasteiger partial charge in [-0.1, -0.05) is 6.07 Å². The van der Waals surface area contributed by atoms with Crippen LogP contribution in [0.15, 0.2) is 67.7 Å². The van der Waals surface area contributed by atoms with Crippen LogP contribution in [0.1, 0.15) is 21.4 Å². The molecule has 0 spiro atoms. The Kier molecular flexibility index (Phi) is 4.86. The van der Waals surface area contributed by atoms with E-state index in [1.807, 2.05) is 0 Å². The van der Waals surface area contributed by atoms with E-state index in [4.69, 9.17) is 4.42 Å². The summed E-state index contributed by atoms with van der Waals surface area (Å²) < 4.78 is 31.1. The summed E-state index contributed by atoms with van der Waals surface area (Å²) in [7, 11) is -3.71. The normalized spacial score (nSPS) is 12.6. The molecule has 130 valence electrons. The van der Waals surface area contributed by atoms with Crippen molar-refractivity contribution in [1.82, 2.24) is 10.3 Å². The Hall–Kier alpha value is -2.65. The number of furan rings is 1. The third kappa shape index (κ3) is 3.72. The summed E-state index contributed by atoms with van der Waals surface area (Å²) in [5, 5.41) is 3.20. The molecule has 25 heavy (non-hydrogen) atoms. The summed E-state index contributed by atoms with van der Waals surface area (Å²) in [6, 6.07) is 8.90. The lowest BCUT2D eigenvalue weighted by atomic mass is 10.2. The fourth-order valence-corrected chi connectivity index (χ4v) is 5.03. The van der Waals surface area contributed by atoms with Crippen LogP contribution in [0.2, 0.25) is 0 Å². The molecule has 0 radical (unpaired) electrons. The lowest BCUT2D eigenvalue weighted by Gasteiger charge is -2.15. The second-order valence-electron chi connectivity index (χ2n) is 5.13. The standard InChI is InChI=1S/C16H14N2O5S2/c19-14-6-5-11(9-17-14)16(20)18-10-13(12-3-1-7-23-12)25(21,22)15-4-2-8-24-15/h1-9,13H,10H2,(H,17,19)(H,18,20). The topological polar surface area (TPSA) is 109 Å². The lowest BCUT2D eigenvalue weighted by molar-refractivity contribution is 0.0953. The van der Waals surface area contributed by atoms with Gasteiger partial charge in [-0.25, -0.2) is 8.42 Å². The molecule has 3 aromatic heterocycles. The van der Waals surface area contributed by atoms with Crippen molar-refractivity contribution in [2.75, 3.05) is 6.54 Å². The van der Waals surface area contributed by atoms with E-state index in [1.54, 1.807) is 23.6 Å². The number of thiophene rings is 1. The average molecular weight is 378 g/mol. The molecule has 0 aromatic carbocycles. The first-order valence-electron chi connectivity index (χ1n) is 7.26. The number of carbonyl (C=O) groups is 1. The molecule has 3 rings (SSSR count). The predicted octanol–water partition coefficient (Wildman–Crippen LogP) is 1.97. The summed E-state index contributed by atoms with van der Waals surface area (Å²) in [4.78, 5) is 25.6. The van der Waals surface area contributed by atoms with Crippen LogP contribution in [-0.4, -0.2) is 25.9 Å². The van der Waals surface area contributed by atoms with Gasteiger partial charge in [-0.05, 0) is 29.6 Å². The van der Waals surface area contributed by atoms with Gasteiger partial charge in [0.15, 0.2) is 9.84 Å². The highest BCUT2D eigenvalue weighted by atomic mass is 32.2. The van der Waals surface area contributed by atoms with Crippen molar-refractivity contribution in [2.45, 2.75) is 9.46 Å². The van der Waals surface area contributed by atoms with Crippen LogP contribution >= 0.6 is 11.3 Å². The van der Waals surface area contributed by atoms with Gasteiger partial charge in [0.25, 0.3) is 5.91 Å². The molecule has 2 N–H and O–H groups in total. The van der Waals surface area contributed by atoms with Crippen molar-refractivity contribution in [3.8, 4) is 0 Å². The van der Waals surface area contributed by atoms with E-state index in [2.05, 4.69) is 10.3 Å². The Morgan fingerprint density at radius 1 is 1.24 bits per heavy atom. The number of carbonyl (C=O) groups excluding carboxylic acids is 1. The summed E-state index contributed by atoms with van der Waals surface area (Å²) in [6.07, 6.45) is 2.66. The Morgan fingerprint density at radius 3 is 2.68 bits per heavy atom. The maximum atomic E-state index is 12.8. The molecule has 0 aliphatic rings. The molecule has 1 atom stereocenters. The number of aromatic amines is 1. The van der Waals surface area contributed by atoms with E-state index < -0.39 is 21.0 Å². The lowest BCUT2D eigenvalue weighted by Crippen LogP contribution is -2.32. The van der Waals surface area contributed by atoms with Gasteiger partial charge in [-0.3, -0.25) is 9.59 Å². The highest BCUT2D eigenvalue weighted by molar-refractivity contribution is 7.93. The third-order valence-electron chi connectivity index (χ3n) is 3.50. The monoisotopic (exact) mass is 378 g/mol. The summed E-state index contributed by atoms with van der Waals surface area (Å²) >= 11 is 1.11. The Labute approximate surface area is 147 Å². The number of hydrogen-bond acceptors (Lipinski definition) is 6. The number of amides is 1. The Balaban J connectivity index is 1.83. The van der Waals surface area contributed by atoms with Gasteiger partial charge in [0.1, 0.15) is 15.2 Å². The van der Waals surface area contributed by atoms with E-state index >= 15 is 0 Å². The number of sulfone groups is 1. The van der Waals surface area contributed by atoms with Crippen LogP contribution in [0, 0.1) is 0 Å². The molecular formula is C16H14N2O5S2. The Bertz CT molecular complexity index is 985. The predicted molar refractivity (Wildman–Crippen MR) is 92.3 cm³/mol. The fraction of sp³-hybridized carbons (Fsp3) is 0.125. The van der Waals surface area contributed by atoms with Gasteiger partial charge in [0.2, 0.25) is 5.56 Å². The summed E-state index contributed by atoms with van der Waals surface area (Å²) in [6.45, 7) is -0.161. The maximum Gasteiger partial charge on any atom is 0.252 e. The van der Waals surface area contributed by atoms with Gasteiger partial charge < -0.3 is 14.7 Å². The molecule has 0 aliphatic heterocycles. The molecule has 1 unspecified atom stereocenters. The first-order valence-corrected chi connectivity index (χ1v) is 9.69. The second-order valence-corrected chi connectivity index (χ2v) is 8.44. The average Bonchev–Trinajstić information content (AvgIpc) is 3.29. The first-order chi connectivity index (χ1) is 12.0. The molecular weight excluding hydrogens is 364 g/mol. The van der Waals surface area contributed by atoms with E-state index in [1.165, 1.54) is 30.7 Å². The number of aromatic nitrogens is 1. The summed E-state index contributed by atoms with van der Waals surface area (Å²) in [5.41, 5.74) is -0.100. The van der Waals surface area contributed by atoms with E-state index in [-0.39, 0.29) is 27.6 Å². The summed E-state index contributed by atoms with van der Waals surface area (Å²) in [5.74, 6) is -0.246. The van der Waals surface area contributed by atoms with E-state index in [0.29, 0.717) is 0 Å². The van der Waals surface area contributed by atoms with Crippen LogP contribution in [0.25, 0.3) is 0 Å². The molecule has 0 bridgehead atoms. The number of hydrogen-bond donors (Lipinski definition) is 2. The van der Waals surface area contributed by atoms with Crippen molar-refractivity contribution in [3.05, 3.63) is 75.9 Å². The van der Waals surface area contributed by atoms with Crippen LogP contribution in [0.5, 0.6) is 0 Å². The van der Waals surface area contributed by atoms with Crippen molar-refractivity contribution >= 4 is 27.1 Å². The van der Waals surface area contributed by atoms with Crippen molar-refractivity contribution in [2.24, 2.45) is 0 Å². The molecule has 3 aromatic rings. The number of rotatable bonds is 6. The van der Waals surface area contributed by atoms with Gasteiger partial charge >= 0.3 is 0 Å². The minimum absolute atomic E-state index is 0.161. The van der Waals surface area contributed by atoms with Gasteiger partial charge in [0, 0.05) is 18.8 Å². The number of pyridine rings is 1. The SMILES string of the molecule is O=C(NCC(c1ccco1)S(=O)(=O)c1cccs1)c1ccc(=O)[nH]c1. The largest absolute Gasteiger partial charge is 0.468 e. The number of H-pyrrole nitrogens is 1. The zero-order valence-electron chi connectivity index (χ0n) is 12.8. The van der Waals surface area contributed by atoms with Crippen molar-refractivity contribution < 1.29 is 17.6 Å². The Morgan fingerprint density at radius 2 is 2.08 bits per heavy atom. The zero-order chi connectivity index (χ0) is 17.9. The minimum atomic E-state index is -3.71. The van der Waals surface area contributed by atoms with Crippen LogP contribution < -0.4 is 10.9 Å². The molecule has 0 fully saturated rings. The van der Waals surface area contributed by atoms with Crippen LogP contribution in [0.3, 0.4) is 0 Å². The molecule has 0 saturated carbocycles. The van der Waals surface area contributed by atoms with Crippen molar-refractivity contribution in [1.29, 1.82) is 0 Å². The molecule has 0 aliphatic carbocycles. The molecule has 1 amide bonds. The fourth-order valence-electron chi connectivity index (χ4n) is 2.24. The molecule has 9 heteroatoms. The quantitative estimate of drug-likeness (QED) is 0.682. The maximum absolute atomic E-state index is 12.8. The van der Waals surface area contributed by atoms with Crippen LogP contribution in [-0.2, 0) is 9.84 Å². The van der Waals surface area contributed by atoms with E-state index in [0.717, 1.165) is 11.3 Å². The van der Waals surface area contributed by atoms with Gasteiger partial charge in [0.05, 0.1) is 11.8 Å². The third-order valence-corrected chi connectivity index (χ3v) is 7.00. The van der Waals surface area contributed by atoms with Crippen molar-refractivity contribution in [3.63, 3.8) is 0 Å². The zero-order valence-corrected chi connectivity index (χ0v) is 14.5. The van der Waals surface area contributed by atoms with E-state index in [9.17, 15) is 18.0 Å². The van der Waals surface area contributed by atoms with Gasteiger partial charge in [-0.2, -0.15) is 0 Å². The molecule has 0 saturated heterocycles. The van der Waals surface area contributed by atoms with Gasteiger partial charge in [-0.15, -0.1) is 11.3 Å². The highest BCUT2D eigenvalue weighted by Gasteiger charge is 2.32.